The van der Waals surface area contributed by atoms with Crippen molar-refractivity contribution < 1.29 is 14.3 Å². The van der Waals surface area contributed by atoms with Crippen LogP contribution >= 0.6 is 0 Å². The van der Waals surface area contributed by atoms with Crippen LogP contribution in [0.4, 0.5) is 0 Å². The van der Waals surface area contributed by atoms with E-state index in [4.69, 9.17) is 9.47 Å². The molecule has 0 radical (unpaired) electrons. The molecule has 1 aromatic heterocycles. The van der Waals surface area contributed by atoms with Gasteiger partial charge in [0.15, 0.2) is 0 Å². The summed E-state index contributed by atoms with van der Waals surface area (Å²) in [6.07, 6.45) is 2.18. The number of pyridine rings is 1. The largest absolute Gasteiger partial charge is 0.481 e. The van der Waals surface area contributed by atoms with Crippen LogP contribution in [0.3, 0.4) is 0 Å². The van der Waals surface area contributed by atoms with Gasteiger partial charge >= 0.3 is 0 Å². The molecule has 1 aromatic carbocycles. The molecule has 3 rings (SSSR count). The monoisotopic (exact) mass is 369 g/mol. The van der Waals surface area contributed by atoms with Gasteiger partial charge in [0.2, 0.25) is 5.88 Å². The Bertz CT molecular complexity index is 754. The highest BCUT2D eigenvalue weighted by Gasteiger charge is 2.22. The lowest BCUT2D eigenvalue weighted by Gasteiger charge is -2.35. The summed E-state index contributed by atoms with van der Waals surface area (Å²) in [5.74, 6) is 0.448. The van der Waals surface area contributed by atoms with Crippen LogP contribution in [0.25, 0.3) is 0 Å². The Hall–Kier alpha value is -2.44. The van der Waals surface area contributed by atoms with E-state index in [2.05, 4.69) is 29.0 Å². The second kappa shape index (κ2) is 8.97. The van der Waals surface area contributed by atoms with E-state index in [0.29, 0.717) is 18.0 Å². The minimum absolute atomic E-state index is 0.0917. The molecule has 6 nitrogen and oxygen atoms in total. The fourth-order valence-electron chi connectivity index (χ4n) is 3.39. The van der Waals surface area contributed by atoms with Gasteiger partial charge in [0.05, 0.1) is 19.3 Å². The summed E-state index contributed by atoms with van der Waals surface area (Å²) in [4.78, 5) is 18.8. The Labute approximate surface area is 160 Å². The average Bonchev–Trinajstić information content (AvgIpc) is 2.66. The van der Waals surface area contributed by atoms with Crippen molar-refractivity contribution in [2.24, 2.45) is 0 Å². The van der Waals surface area contributed by atoms with Gasteiger partial charge in [-0.15, -0.1) is 0 Å². The molecule has 144 valence electrons. The number of amides is 1. The van der Waals surface area contributed by atoms with Crippen LogP contribution in [0.1, 0.15) is 35.3 Å². The number of nitrogens with zero attached hydrogens (tertiary/aromatic N) is 2. The Kier molecular flexibility index (Phi) is 6.42. The van der Waals surface area contributed by atoms with Crippen molar-refractivity contribution in [3.05, 3.63) is 59.3 Å². The van der Waals surface area contributed by atoms with Crippen molar-refractivity contribution in [2.75, 3.05) is 20.2 Å². The van der Waals surface area contributed by atoms with Crippen molar-refractivity contribution in [2.45, 2.75) is 39.1 Å². The lowest BCUT2D eigenvalue weighted by atomic mass is 10.1. The molecule has 0 bridgehead atoms. The Morgan fingerprint density at radius 3 is 2.56 bits per heavy atom. The summed E-state index contributed by atoms with van der Waals surface area (Å²) >= 11 is 0. The first kappa shape index (κ1) is 19.3. The van der Waals surface area contributed by atoms with Gasteiger partial charge in [-0.05, 0) is 43.2 Å². The molecule has 0 spiro atoms. The quantitative estimate of drug-likeness (QED) is 0.848. The summed E-state index contributed by atoms with van der Waals surface area (Å²) in [6.45, 7) is 7.38. The van der Waals surface area contributed by atoms with Crippen LogP contribution in [0, 0.1) is 0 Å². The fraction of sp³-hybridized carbons (Fsp3) is 0.429. The van der Waals surface area contributed by atoms with Gasteiger partial charge in [-0.3, -0.25) is 9.69 Å². The lowest BCUT2D eigenvalue weighted by Crippen LogP contribution is -2.44. The summed E-state index contributed by atoms with van der Waals surface area (Å²) in [7, 11) is 1.57. The van der Waals surface area contributed by atoms with Gasteiger partial charge in [-0.2, -0.15) is 0 Å². The molecule has 1 aliphatic rings. The maximum atomic E-state index is 12.4. The highest BCUT2D eigenvalue weighted by molar-refractivity contribution is 5.94. The highest BCUT2D eigenvalue weighted by Crippen LogP contribution is 2.15. The number of carbonyl (C=O) groups excluding carboxylic acids is 1. The standard InChI is InChI=1S/C21H27N3O3/c1-15-12-24(13-16(2)27-15)14-17-4-6-19(7-5-17)21(25)23-11-18-8-9-22-20(10-18)26-3/h4-10,15-16H,11-14H2,1-3H3,(H,23,25)/t15-,16-/m0/s1. The number of benzene rings is 1. The van der Waals surface area contributed by atoms with E-state index in [-0.39, 0.29) is 18.1 Å². The van der Waals surface area contributed by atoms with Crippen LogP contribution in [-0.2, 0) is 17.8 Å². The number of ether oxygens (including phenoxy) is 2. The molecule has 2 heterocycles. The lowest BCUT2D eigenvalue weighted by molar-refractivity contribution is -0.0704. The maximum absolute atomic E-state index is 12.4. The van der Waals surface area contributed by atoms with Crippen LogP contribution in [0.5, 0.6) is 5.88 Å². The number of nitrogens with one attached hydrogen (secondary N) is 1. The van der Waals surface area contributed by atoms with E-state index in [1.54, 1.807) is 13.3 Å². The zero-order chi connectivity index (χ0) is 19.2. The third-order valence-corrected chi connectivity index (χ3v) is 4.58. The summed E-state index contributed by atoms with van der Waals surface area (Å²) in [5.41, 5.74) is 2.80. The Morgan fingerprint density at radius 1 is 1.19 bits per heavy atom. The predicted octanol–water partition coefficient (Wildman–Crippen LogP) is 2.63. The zero-order valence-corrected chi connectivity index (χ0v) is 16.1. The molecule has 1 saturated heterocycles. The highest BCUT2D eigenvalue weighted by atomic mass is 16.5. The summed E-state index contributed by atoms with van der Waals surface area (Å²) < 4.78 is 10.9. The van der Waals surface area contributed by atoms with Crippen molar-refractivity contribution in [3.8, 4) is 5.88 Å². The molecule has 1 fully saturated rings. The molecule has 1 amide bonds. The minimum atomic E-state index is -0.0917. The third-order valence-electron chi connectivity index (χ3n) is 4.58. The number of rotatable bonds is 6. The molecule has 27 heavy (non-hydrogen) atoms. The molecular formula is C21H27N3O3. The van der Waals surface area contributed by atoms with E-state index in [1.807, 2.05) is 36.4 Å². The first-order valence-corrected chi connectivity index (χ1v) is 9.27. The molecule has 1 N–H and O–H groups in total. The molecule has 0 aliphatic carbocycles. The second-order valence-corrected chi connectivity index (χ2v) is 7.04. The topological polar surface area (TPSA) is 63.7 Å². The van der Waals surface area contributed by atoms with E-state index in [1.165, 1.54) is 5.56 Å². The van der Waals surface area contributed by atoms with E-state index in [0.717, 1.165) is 25.2 Å². The van der Waals surface area contributed by atoms with Crippen molar-refractivity contribution in [1.82, 2.24) is 15.2 Å². The van der Waals surface area contributed by atoms with Crippen LogP contribution in [0.15, 0.2) is 42.6 Å². The van der Waals surface area contributed by atoms with E-state index in [9.17, 15) is 4.79 Å². The molecule has 2 atom stereocenters. The molecule has 0 unspecified atom stereocenters. The van der Waals surface area contributed by atoms with Gasteiger partial charge in [-0.1, -0.05) is 12.1 Å². The van der Waals surface area contributed by atoms with Gasteiger partial charge in [0, 0.05) is 44.0 Å². The molecule has 1 aliphatic heterocycles. The van der Waals surface area contributed by atoms with Gasteiger partial charge in [-0.25, -0.2) is 4.98 Å². The average molecular weight is 369 g/mol. The first-order valence-electron chi connectivity index (χ1n) is 9.27. The number of carbonyl (C=O) groups is 1. The van der Waals surface area contributed by atoms with Gasteiger partial charge < -0.3 is 14.8 Å². The normalized spacial score (nSPS) is 20.3. The number of hydrogen-bond acceptors (Lipinski definition) is 5. The predicted molar refractivity (Wildman–Crippen MR) is 104 cm³/mol. The molecular weight excluding hydrogens is 342 g/mol. The first-order chi connectivity index (χ1) is 13.0. The Balaban J connectivity index is 1.54. The smallest absolute Gasteiger partial charge is 0.251 e. The van der Waals surface area contributed by atoms with Gasteiger partial charge in [0.1, 0.15) is 0 Å². The van der Waals surface area contributed by atoms with Crippen molar-refractivity contribution in [1.29, 1.82) is 0 Å². The molecule has 6 heteroatoms. The minimum Gasteiger partial charge on any atom is -0.481 e. The number of morpholine rings is 1. The van der Waals surface area contributed by atoms with Crippen LogP contribution < -0.4 is 10.1 Å². The number of hydrogen-bond donors (Lipinski definition) is 1. The van der Waals surface area contributed by atoms with E-state index >= 15 is 0 Å². The van der Waals surface area contributed by atoms with Crippen molar-refractivity contribution >= 4 is 5.91 Å². The second-order valence-electron chi connectivity index (χ2n) is 7.04. The SMILES string of the molecule is COc1cc(CNC(=O)c2ccc(CN3C[C@H](C)O[C@@H](C)C3)cc2)ccn1. The Morgan fingerprint density at radius 2 is 1.89 bits per heavy atom. The van der Waals surface area contributed by atoms with Gasteiger partial charge in [0.25, 0.3) is 5.91 Å². The zero-order valence-electron chi connectivity index (χ0n) is 16.1. The third kappa shape index (κ3) is 5.52. The van der Waals surface area contributed by atoms with E-state index < -0.39 is 0 Å². The van der Waals surface area contributed by atoms with Crippen LogP contribution in [-0.4, -0.2) is 48.2 Å². The number of methoxy groups -OCH3 is 1. The van der Waals surface area contributed by atoms with Crippen LogP contribution in [0.2, 0.25) is 0 Å². The summed E-state index contributed by atoms with van der Waals surface area (Å²) in [6, 6.07) is 11.5. The van der Waals surface area contributed by atoms with Crippen molar-refractivity contribution in [3.63, 3.8) is 0 Å². The number of aromatic nitrogens is 1. The maximum Gasteiger partial charge on any atom is 0.251 e. The molecule has 0 saturated carbocycles. The fourth-order valence-corrected chi connectivity index (χ4v) is 3.39. The molecule has 2 aromatic rings. The summed E-state index contributed by atoms with van der Waals surface area (Å²) in [5, 5.41) is 2.93.